The lowest BCUT2D eigenvalue weighted by Gasteiger charge is -2.29. The maximum Gasteiger partial charge on any atom is 0.239 e. The van der Waals surface area contributed by atoms with Crippen LogP contribution in [0.4, 0.5) is 0 Å². The predicted octanol–water partition coefficient (Wildman–Crippen LogP) is 0.912. The van der Waals surface area contributed by atoms with Crippen molar-refractivity contribution in [3.05, 3.63) is 0 Å². The highest BCUT2D eigenvalue weighted by atomic mass is 16.2. The molecule has 2 aliphatic rings. The van der Waals surface area contributed by atoms with Gasteiger partial charge in [0.2, 0.25) is 5.91 Å². The Hall–Kier alpha value is -0.610. The van der Waals surface area contributed by atoms with E-state index in [1.165, 1.54) is 12.8 Å². The molecule has 1 aliphatic carbocycles. The van der Waals surface area contributed by atoms with Crippen molar-refractivity contribution in [2.24, 2.45) is 17.6 Å². The fourth-order valence-electron chi connectivity index (χ4n) is 3.61. The summed E-state index contributed by atoms with van der Waals surface area (Å²) in [5.41, 5.74) is 6.15. The van der Waals surface area contributed by atoms with Gasteiger partial charge in [0.15, 0.2) is 0 Å². The second-order valence-electron chi connectivity index (χ2n) is 5.81. The highest BCUT2D eigenvalue weighted by molar-refractivity contribution is 5.81. The van der Waals surface area contributed by atoms with Crippen LogP contribution >= 0.6 is 0 Å². The lowest BCUT2D eigenvalue weighted by atomic mass is 9.98. The van der Waals surface area contributed by atoms with Crippen LogP contribution < -0.4 is 5.73 Å². The summed E-state index contributed by atoms with van der Waals surface area (Å²) in [6, 6.07) is 0.374. The molecule has 0 aromatic carbocycles. The van der Waals surface area contributed by atoms with Gasteiger partial charge in [-0.3, -0.25) is 9.69 Å². The molecule has 4 heteroatoms. The van der Waals surface area contributed by atoms with E-state index in [2.05, 4.69) is 4.90 Å². The van der Waals surface area contributed by atoms with E-state index in [4.69, 9.17) is 5.73 Å². The average Bonchev–Trinajstić information content (AvgIpc) is 2.92. The molecule has 1 amide bonds. The molecule has 0 spiro atoms. The van der Waals surface area contributed by atoms with Crippen LogP contribution in [0.3, 0.4) is 0 Å². The largest absolute Gasteiger partial charge is 0.342 e. The third-order valence-corrected chi connectivity index (χ3v) is 4.92. The van der Waals surface area contributed by atoms with Crippen molar-refractivity contribution in [2.45, 2.75) is 45.7 Å². The van der Waals surface area contributed by atoms with E-state index in [1.807, 2.05) is 25.7 Å². The molecule has 0 bridgehead atoms. The molecule has 18 heavy (non-hydrogen) atoms. The van der Waals surface area contributed by atoms with Gasteiger partial charge >= 0.3 is 0 Å². The summed E-state index contributed by atoms with van der Waals surface area (Å²) in [4.78, 5) is 16.6. The SMILES string of the molecule is CCN(CC)C(=O)C(C)N1CC2CCC(N)C2C1. The zero-order chi connectivity index (χ0) is 13.3. The molecule has 4 nitrogen and oxygen atoms in total. The Kier molecular flexibility index (Phi) is 4.28. The summed E-state index contributed by atoms with van der Waals surface area (Å²) in [7, 11) is 0. The number of likely N-dealkylation sites (N-methyl/N-ethyl adjacent to an activating group) is 1. The van der Waals surface area contributed by atoms with Gasteiger partial charge in [0.1, 0.15) is 0 Å². The standard InChI is InChI=1S/C14H27N3O/c1-4-16(5-2)14(18)10(3)17-8-11-6-7-13(15)12(11)9-17/h10-13H,4-9,15H2,1-3H3. The van der Waals surface area contributed by atoms with E-state index in [0.29, 0.717) is 12.0 Å². The average molecular weight is 253 g/mol. The summed E-state index contributed by atoms with van der Waals surface area (Å²) in [5.74, 6) is 1.62. The zero-order valence-corrected chi connectivity index (χ0v) is 11.9. The monoisotopic (exact) mass is 253 g/mol. The Balaban J connectivity index is 1.95. The van der Waals surface area contributed by atoms with E-state index in [1.54, 1.807) is 0 Å². The van der Waals surface area contributed by atoms with Crippen molar-refractivity contribution in [2.75, 3.05) is 26.2 Å². The smallest absolute Gasteiger partial charge is 0.239 e. The molecule has 4 unspecified atom stereocenters. The van der Waals surface area contributed by atoms with Gasteiger partial charge in [0.25, 0.3) is 0 Å². The first-order valence-corrected chi connectivity index (χ1v) is 7.36. The second kappa shape index (κ2) is 5.57. The minimum absolute atomic E-state index is 0.0164. The Morgan fingerprint density at radius 2 is 2.00 bits per heavy atom. The first kappa shape index (κ1) is 13.8. The third-order valence-electron chi connectivity index (χ3n) is 4.92. The maximum atomic E-state index is 12.3. The van der Waals surface area contributed by atoms with Gasteiger partial charge in [-0.15, -0.1) is 0 Å². The van der Waals surface area contributed by atoms with Crippen molar-refractivity contribution < 1.29 is 4.79 Å². The first-order valence-electron chi connectivity index (χ1n) is 7.36. The van der Waals surface area contributed by atoms with Gasteiger partial charge < -0.3 is 10.6 Å². The molecular formula is C14H27N3O. The van der Waals surface area contributed by atoms with Crippen LogP contribution in [-0.4, -0.2) is 54.0 Å². The van der Waals surface area contributed by atoms with E-state index in [0.717, 1.165) is 32.1 Å². The fourth-order valence-corrected chi connectivity index (χ4v) is 3.61. The number of nitrogens with two attached hydrogens (primary N) is 1. The molecule has 104 valence electrons. The van der Waals surface area contributed by atoms with Crippen LogP contribution in [0.5, 0.6) is 0 Å². The minimum atomic E-state index is 0.0164. The summed E-state index contributed by atoms with van der Waals surface area (Å²) in [6.07, 6.45) is 2.41. The minimum Gasteiger partial charge on any atom is -0.342 e. The van der Waals surface area contributed by atoms with Gasteiger partial charge in [0, 0.05) is 32.2 Å². The van der Waals surface area contributed by atoms with Crippen LogP contribution in [0.15, 0.2) is 0 Å². The van der Waals surface area contributed by atoms with Crippen LogP contribution in [-0.2, 0) is 4.79 Å². The molecule has 1 heterocycles. The van der Waals surface area contributed by atoms with Gasteiger partial charge in [0.05, 0.1) is 6.04 Å². The van der Waals surface area contributed by atoms with Gasteiger partial charge in [-0.2, -0.15) is 0 Å². The molecule has 0 aromatic heterocycles. The predicted molar refractivity (Wildman–Crippen MR) is 73.2 cm³/mol. The second-order valence-corrected chi connectivity index (χ2v) is 5.81. The molecule has 2 N–H and O–H groups in total. The lowest BCUT2D eigenvalue weighted by molar-refractivity contribution is -0.135. The molecular weight excluding hydrogens is 226 g/mol. The molecule has 1 aliphatic heterocycles. The van der Waals surface area contributed by atoms with Crippen LogP contribution in [0.25, 0.3) is 0 Å². The highest BCUT2D eigenvalue weighted by Gasteiger charge is 2.43. The first-order chi connectivity index (χ1) is 8.58. The van der Waals surface area contributed by atoms with Crippen molar-refractivity contribution >= 4 is 5.91 Å². The maximum absolute atomic E-state index is 12.3. The summed E-state index contributed by atoms with van der Waals surface area (Å²) in [5, 5.41) is 0. The Morgan fingerprint density at radius 3 is 2.56 bits per heavy atom. The van der Waals surface area contributed by atoms with Crippen molar-refractivity contribution in [3.8, 4) is 0 Å². The fraction of sp³-hybridized carbons (Fsp3) is 0.929. The van der Waals surface area contributed by atoms with E-state index in [-0.39, 0.29) is 11.9 Å². The van der Waals surface area contributed by atoms with E-state index < -0.39 is 0 Å². The molecule has 2 rings (SSSR count). The van der Waals surface area contributed by atoms with E-state index >= 15 is 0 Å². The summed E-state index contributed by atoms with van der Waals surface area (Å²) < 4.78 is 0. The number of hydrogen-bond acceptors (Lipinski definition) is 3. The van der Waals surface area contributed by atoms with E-state index in [9.17, 15) is 4.79 Å². The Morgan fingerprint density at radius 1 is 1.33 bits per heavy atom. The zero-order valence-electron chi connectivity index (χ0n) is 11.9. The number of likely N-dealkylation sites (tertiary alicyclic amines) is 1. The molecule has 0 aromatic rings. The molecule has 1 saturated heterocycles. The number of rotatable bonds is 4. The number of carbonyl (C=O) groups is 1. The summed E-state index contributed by atoms with van der Waals surface area (Å²) >= 11 is 0. The lowest BCUT2D eigenvalue weighted by Crippen LogP contribution is -2.47. The molecule has 4 atom stereocenters. The third kappa shape index (κ3) is 2.41. The van der Waals surface area contributed by atoms with Crippen molar-refractivity contribution in [3.63, 3.8) is 0 Å². The Bertz CT molecular complexity index is 303. The number of fused-ring (bicyclic) bond motifs is 1. The number of nitrogens with zero attached hydrogens (tertiary/aromatic N) is 2. The summed E-state index contributed by atoms with van der Waals surface area (Å²) in [6.45, 7) is 9.82. The Labute approximate surface area is 110 Å². The number of carbonyl (C=O) groups excluding carboxylic acids is 1. The molecule has 1 saturated carbocycles. The van der Waals surface area contributed by atoms with Crippen LogP contribution in [0.1, 0.15) is 33.6 Å². The highest BCUT2D eigenvalue weighted by Crippen LogP contribution is 2.37. The number of hydrogen-bond donors (Lipinski definition) is 1. The van der Waals surface area contributed by atoms with Gasteiger partial charge in [-0.1, -0.05) is 0 Å². The van der Waals surface area contributed by atoms with Gasteiger partial charge in [-0.25, -0.2) is 0 Å². The van der Waals surface area contributed by atoms with Crippen LogP contribution in [0.2, 0.25) is 0 Å². The topological polar surface area (TPSA) is 49.6 Å². The quantitative estimate of drug-likeness (QED) is 0.810. The number of amides is 1. The molecule has 2 fully saturated rings. The van der Waals surface area contributed by atoms with Gasteiger partial charge in [-0.05, 0) is 45.4 Å². The van der Waals surface area contributed by atoms with Crippen molar-refractivity contribution in [1.29, 1.82) is 0 Å². The normalized spacial score (nSPS) is 33.4. The van der Waals surface area contributed by atoms with Crippen molar-refractivity contribution in [1.82, 2.24) is 9.80 Å². The molecule has 0 radical (unpaired) electrons. The van der Waals surface area contributed by atoms with Crippen LogP contribution in [0, 0.1) is 11.8 Å².